The second-order valence-corrected chi connectivity index (χ2v) is 10.5. The Kier molecular flexibility index (Phi) is 3.63. The van der Waals surface area contributed by atoms with Crippen molar-refractivity contribution in [3.05, 3.63) is 0 Å². The largest absolute Gasteiger partial charge is 0.392 e. The molecule has 10 atom stereocenters. The van der Waals surface area contributed by atoms with Crippen LogP contribution in [0.4, 0.5) is 0 Å². The molecule has 5 nitrogen and oxygen atoms in total. The molecule has 0 heterocycles. The lowest BCUT2D eigenvalue weighted by Gasteiger charge is -2.47. The van der Waals surface area contributed by atoms with Crippen LogP contribution >= 0.6 is 0 Å². The summed E-state index contributed by atoms with van der Waals surface area (Å²) < 4.78 is 0. The molecule has 4 rings (SSSR count). The van der Waals surface area contributed by atoms with Crippen molar-refractivity contribution in [3.8, 4) is 0 Å². The minimum absolute atomic E-state index is 0.0723. The van der Waals surface area contributed by atoms with Crippen molar-refractivity contribution in [1.82, 2.24) is 0 Å². The van der Waals surface area contributed by atoms with Crippen LogP contribution in [0.3, 0.4) is 0 Å². The second-order valence-electron chi connectivity index (χ2n) is 10.5. The number of aliphatic hydroxyl groups is 5. The summed E-state index contributed by atoms with van der Waals surface area (Å²) in [6.07, 6.45) is 0.606. The normalized spacial score (nSPS) is 63.0. The van der Waals surface area contributed by atoms with Crippen LogP contribution in [0.1, 0.15) is 59.8 Å². The van der Waals surface area contributed by atoms with E-state index >= 15 is 0 Å². The molecule has 4 fully saturated rings. The molecule has 25 heavy (non-hydrogen) atoms. The van der Waals surface area contributed by atoms with Crippen LogP contribution in [0.15, 0.2) is 0 Å². The molecular formula is C20H34O5. The Balaban J connectivity index is 1.83. The van der Waals surface area contributed by atoms with Crippen LogP contribution in [0.25, 0.3) is 0 Å². The van der Waals surface area contributed by atoms with Gasteiger partial charge in [0, 0.05) is 16.7 Å². The molecule has 4 aliphatic carbocycles. The summed E-state index contributed by atoms with van der Waals surface area (Å²) in [6.45, 7) is 7.59. The highest BCUT2D eigenvalue weighted by Crippen LogP contribution is 2.68. The van der Waals surface area contributed by atoms with E-state index in [1.807, 2.05) is 20.8 Å². The third-order valence-electron chi connectivity index (χ3n) is 9.24. The number of hydrogen-bond donors (Lipinski definition) is 5. The first kappa shape index (κ1) is 18.2. The minimum Gasteiger partial charge on any atom is -0.392 e. The average molecular weight is 354 g/mol. The Morgan fingerprint density at radius 2 is 1.44 bits per heavy atom. The molecule has 0 aromatic rings. The van der Waals surface area contributed by atoms with E-state index in [0.29, 0.717) is 19.3 Å². The van der Waals surface area contributed by atoms with Gasteiger partial charge in [0.1, 0.15) is 5.60 Å². The molecule has 144 valence electrons. The fourth-order valence-corrected chi connectivity index (χ4v) is 7.79. The zero-order chi connectivity index (χ0) is 18.6. The highest BCUT2D eigenvalue weighted by molar-refractivity contribution is 5.22. The summed E-state index contributed by atoms with van der Waals surface area (Å²) in [7, 11) is 0. The Labute approximate surface area is 150 Å². The SMILES string of the molecule is C[C@H]1[C@@H]2CC[C@H]3[C@H](O)[C@]2(C[C@@H](O)[C@@]2(O)[C@H]1C[C@H](O)C2(C)C)C[C@@]3(C)O. The zero-order valence-corrected chi connectivity index (χ0v) is 15.8. The van der Waals surface area contributed by atoms with E-state index in [4.69, 9.17) is 0 Å². The van der Waals surface area contributed by atoms with E-state index in [1.54, 1.807) is 0 Å². The summed E-state index contributed by atoms with van der Waals surface area (Å²) in [6, 6.07) is 0. The lowest BCUT2D eigenvalue weighted by atomic mass is 9.59. The van der Waals surface area contributed by atoms with Crippen LogP contribution < -0.4 is 0 Å². The maximum absolute atomic E-state index is 11.7. The second kappa shape index (κ2) is 4.99. The van der Waals surface area contributed by atoms with Crippen LogP contribution in [-0.2, 0) is 0 Å². The van der Waals surface area contributed by atoms with Gasteiger partial charge in [-0.3, -0.25) is 0 Å². The summed E-state index contributed by atoms with van der Waals surface area (Å²) >= 11 is 0. The van der Waals surface area contributed by atoms with Gasteiger partial charge in [0.25, 0.3) is 0 Å². The molecule has 5 heteroatoms. The highest BCUT2D eigenvalue weighted by Gasteiger charge is 2.72. The third-order valence-corrected chi connectivity index (χ3v) is 9.24. The molecule has 5 N–H and O–H groups in total. The molecule has 0 aliphatic heterocycles. The van der Waals surface area contributed by atoms with Crippen molar-refractivity contribution in [1.29, 1.82) is 0 Å². The van der Waals surface area contributed by atoms with Crippen molar-refractivity contribution in [3.63, 3.8) is 0 Å². The number of fused-ring (bicyclic) bond motifs is 2. The minimum atomic E-state index is -1.37. The number of aliphatic hydroxyl groups excluding tert-OH is 3. The summed E-state index contributed by atoms with van der Waals surface area (Å²) in [4.78, 5) is 0. The molecule has 0 unspecified atom stereocenters. The lowest BCUT2D eigenvalue weighted by molar-refractivity contribution is -0.178. The monoisotopic (exact) mass is 354 g/mol. The van der Waals surface area contributed by atoms with Crippen LogP contribution in [-0.4, -0.2) is 55.0 Å². The standard InChI is InChI=1S/C20H34O5/c1-10-11-5-6-12-16(23)19(11,9-18(12,4)24)8-15(22)20(25)13(10)7-14(21)17(20,2)3/h10-16,21-25H,5-9H2,1-4H3/t10-,11-,12-,13-,14-,15+,16-,18+,19+,20-/m0/s1. The lowest BCUT2D eigenvalue weighted by Crippen LogP contribution is -2.57. The molecule has 1 spiro atoms. The van der Waals surface area contributed by atoms with Crippen molar-refractivity contribution in [2.24, 2.45) is 34.5 Å². The molecule has 0 saturated heterocycles. The maximum atomic E-state index is 11.7. The summed E-state index contributed by atoms with van der Waals surface area (Å²) in [5.74, 6) is -0.147. The smallest absolute Gasteiger partial charge is 0.101 e. The fraction of sp³-hybridized carbons (Fsp3) is 1.00. The Hall–Kier alpha value is -0.200. The van der Waals surface area contributed by atoms with E-state index in [-0.39, 0.29) is 23.7 Å². The van der Waals surface area contributed by atoms with E-state index in [2.05, 4.69) is 6.92 Å². The van der Waals surface area contributed by atoms with E-state index < -0.39 is 40.3 Å². The first-order valence-electron chi connectivity index (χ1n) is 9.88. The van der Waals surface area contributed by atoms with Crippen molar-refractivity contribution in [2.75, 3.05) is 0 Å². The van der Waals surface area contributed by atoms with Gasteiger partial charge in [0.2, 0.25) is 0 Å². The van der Waals surface area contributed by atoms with Gasteiger partial charge in [-0.25, -0.2) is 0 Å². The highest BCUT2D eigenvalue weighted by atomic mass is 16.4. The van der Waals surface area contributed by atoms with Gasteiger partial charge in [0.05, 0.1) is 23.9 Å². The predicted octanol–water partition coefficient (Wildman–Crippen LogP) is 1.05. The van der Waals surface area contributed by atoms with Gasteiger partial charge in [-0.1, -0.05) is 20.8 Å². The van der Waals surface area contributed by atoms with Gasteiger partial charge in [0.15, 0.2) is 0 Å². The topological polar surface area (TPSA) is 101 Å². The first-order chi connectivity index (χ1) is 11.4. The fourth-order valence-electron chi connectivity index (χ4n) is 7.79. The van der Waals surface area contributed by atoms with Crippen molar-refractivity contribution < 1.29 is 25.5 Å². The molecular weight excluding hydrogens is 320 g/mol. The molecule has 4 aliphatic rings. The van der Waals surface area contributed by atoms with Crippen molar-refractivity contribution >= 4 is 0 Å². The van der Waals surface area contributed by atoms with E-state index in [9.17, 15) is 25.5 Å². The zero-order valence-electron chi connectivity index (χ0n) is 15.8. The van der Waals surface area contributed by atoms with Gasteiger partial charge >= 0.3 is 0 Å². The van der Waals surface area contributed by atoms with Gasteiger partial charge in [-0.05, 0) is 56.8 Å². The summed E-state index contributed by atoms with van der Waals surface area (Å²) in [5, 5.41) is 55.4. The quantitative estimate of drug-likeness (QED) is 0.448. The number of rotatable bonds is 0. The molecule has 0 aromatic heterocycles. The van der Waals surface area contributed by atoms with Crippen LogP contribution in [0.2, 0.25) is 0 Å². The average Bonchev–Trinajstić information content (AvgIpc) is 2.71. The van der Waals surface area contributed by atoms with Crippen LogP contribution in [0, 0.1) is 34.5 Å². The van der Waals surface area contributed by atoms with E-state index in [0.717, 1.165) is 12.8 Å². The summed E-state index contributed by atoms with van der Waals surface area (Å²) in [5.41, 5.74) is -3.65. The third kappa shape index (κ3) is 1.92. The van der Waals surface area contributed by atoms with Gasteiger partial charge < -0.3 is 25.5 Å². The molecule has 4 saturated carbocycles. The van der Waals surface area contributed by atoms with E-state index in [1.165, 1.54) is 0 Å². The molecule has 0 amide bonds. The first-order valence-corrected chi connectivity index (χ1v) is 9.88. The molecule has 0 radical (unpaired) electrons. The van der Waals surface area contributed by atoms with Crippen molar-refractivity contribution in [2.45, 2.75) is 89.3 Å². The predicted molar refractivity (Wildman–Crippen MR) is 92.5 cm³/mol. The Morgan fingerprint density at radius 3 is 2.08 bits per heavy atom. The number of hydrogen-bond acceptors (Lipinski definition) is 5. The molecule has 2 bridgehead atoms. The maximum Gasteiger partial charge on any atom is 0.101 e. The molecule has 0 aromatic carbocycles. The van der Waals surface area contributed by atoms with Crippen LogP contribution in [0.5, 0.6) is 0 Å². The van der Waals surface area contributed by atoms with Gasteiger partial charge in [-0.15, -0.1) is 0 Å². The Morgan fingerprint density at radius 1 is 0.840 bits per heavy atom. The van der Waals surface area contributed by atoms with Gasteiger partial charge in [-0.2, -0.15) is 0 Å². The Bertz CT molecular complexity index is 574.